The molecule has 1 N–H and O–H groups in total. The predicted molar refractivity (Wildman–Crippen MR) is 102 cm³/mol. The van der Waals surface area contributed by atoms with E-state index in [1.807, 2.05) is 19.9 Å². The lowest BCUT2D eigenvalue weighted by Crippen LogP contribution is -2.18. The number of unbranched alkanes of at least 4 members (excludes halogenated alkanes) is 6. The predicted octanol–water partition coefficient (Wildman–Crippen LogP) is 5.94. The highest BCUT2D eigenvalue weighted by Gasteiger charge is 2.48. The topological polar surface area (TPSA) is 32.6 Å². The quantitative estimate of drug-likeness (QED) is 0.240. The standard InChI is InChI=1S/C21H39NO/c1-5-6-7-8-9-10-11-12-16-22-18-19-17-21(19,4)15-13-14-20(2,3)23/h5,18-19,23H,1,6-17H2,2-4H3/b22-18+. The maximum absolute atomic E-state index is 9.77. The molecule has 1 saturated carbocycles. The molecule has 2 nitrogen and oxygen atoms in total. The van der Waals surface area contributed by atoms with Crippen molar-refractivity contribution < 1.29 is 5.11 Å². The van der Waals surface area contributed by atoms with Gasteiger partial charge in [0.2, 0.25) is 0 Å². The zero-order valence-corrected chi connectivity index (χ0v) is 15.8. The summed E-state index contributed by atoms with van der Waals surface area (Å²) in [4.78, 5) is 4.65. The molecule has 0 spiro atoms. The highest BCUT2D eigenvalue weighted by Crippen LogP contribution is 2.54. The van der Waals surface area contributed by atoms with Crippen molar-refractivity contribution in [2.75, 3.05) is 6.54 Å². The molecule has 0 radical (unpaired) electrons. The van der Waals surface area contributed by atoms with Gasteiger partial charge < -0.3 is 5.11 Å². The van der Waals surface area contributed by atoms with Gasteiger partial charge in [-0.25, -0.2) is 0 Å². The third-order valence-electron chi connectivity index (χ3n) is 5.19. The van der Waals surface area contributed by atoms with E-state index >= 15 is 0 Å². The molecule has 0 aliphatic heterocycles. The zero-order chi connectivity index (χ0) is 17.2. The van der Waals surface area contributed by atoms with E-state index in [0.29, 0.717) is 11.3 Å². The first-order chi connectivity index (χ1) is 10.9. The second kappa shape index (κ2) is 10.3. The number of hydrogen-bond donors (Lipinski definition) is 1. The van der Waals surface area contributed by atoms with Crippen molar-refractivity contribution in [1.82, 2.24) is 0 Å². The van der Waals surface area contributed by atoms with Crippen molar-refractivity contribution in [3.8, 4) is 0 Å². The Labute approximate surface area is 144 Å². The minimum Gasteiger partial charge on any atom is -0.390 e. The van der Waals surface area contributed by atoms with Crippen molar-refractivity contribution in [3.05, 3.63) is 12.7 Å². The average molecular weight is 322 g/mol. The van der Waals surface area contributed by atoms with Crippen LogP contribution >= 0.6 is 0 Å². The molecule has 1 aliphatic rings. The summed E-state index contributed by atoms with van der Waals surface area (Å²) in [6.07, 6.45) is 17.8. The fourth-order valence-electron chi connectivity index (χ4n) is 3.29. The first kappa shape index (κ1) is 20.4. The van der Waals surface area contributed by atoms with Gasteiger partial charge in [0.05, 0.1) is 5.60 Å². The maximum Gasteiger partial charge on any atom is 0.0591 e. The second-order valence-electron chi connectivity index (χ2n) is 8.38. The molecule has 0 aromatic carbocycles. The molecule has 2 unspecified atom stereocenters. The second-order valence-corrected chi connectivity index (χ2v) is 8.38. The van der Waals surface area contributed by atoms with Crippen LogP contribution in [0.25, 0.3) is 0 Å². The molecule has 0 aromatic heterocycles. The van der Waals surface area contributed by atoms with Crippen LogP contribution in [0, 0.1) is 11.3 Å². The molecule has 2 atom stereocenters. The SMILES string of the molecule is C=CCCCCCCCC/N=C/C1CC1(C)CCCC(C)(C)O. The molecule has 23 heavy (non-hydrogen) atoms. The molecule has 1 fully saturated rings. The van der Waals surface area contributed by atoms with Gasteiger partial charge in [-0.05, 0) is 63.7 Å². The fraction of sp³-hybridized carbons (Fsp3) is 0.857. The molecule has 134 valence electrons. The Morgan fingerprint density at radius 1 is 1.13 bits per heavy atom. The number of aliphatic hydroxyl groups is 1. The van der Waals surface area contributed by atoms with Gasteiger partial charge in [0.1, 0.15) is 0 Å². The largest absolute Gasteiger partial charge is 0.390 e. The minimum absolute atomic E-state index is 0.458. The van der Waals surface area contributed by atoms with Crippen LogP contribution < -0.4 is 0 Å². The molecular weight excluding hydrogens is 282 g/mol. The van der Waals surface area contributed by atoms with Gasteiger partial charge in [0.25, 0.3) is 0 Å². The van der Waals surface area contributed by atoms with Crippen molar-refractivity contribution in [3.63, 3.8) is 0 Å². The van der Waals surface area contributed by atoms with Crippen LogP contribution in [-0.2, 0) is 0 Å². The normalized spacial score (nSPS) is 24.3. The van der Waals surface area contributed by atoms with Gasteiger partial charge in [0, 0.05) is 12.8 Å². The Morgan fingerprint density at radius 3 is 2.43 bits per heavy atom. The van der Waals surface area contributed by atoms with Crippen molar-refractivity contribution in [1.29, 1.82) is 0 Å². The summed E-state index contributed by atoms with van der Waals surface area (Å²) in [6, 6.07) is 0. The van der Waals surface area contributed by atoms with Crippen LogP contribution in [0.4, 0.5) is 0 Å². The zero-order valence-electron chi connectivity index (χ0n) is 15.8. The Morgan fingerprint density at radius 2 is 1.78 bits per heavy atom. The summed E-state index contributed by atoms with van der Waals surface area (Å²) in [7, 11) is 0. The van der Waals surface area contributed by atoms with E-state index in [4.69, 9.17) is 0 Å². The van der Waals surface area contributed by atoms with Gasteiger partial charge >= 0.3 is 0 Å². The smallest absolute Gasteiger partial charge is 0.0591 e. The molecular formula is C21H39NO. The van der Waals surface area contributed by atoms with E-state index in [2.05, 4.69) is 24.7 Å². The number of hydrogen-bond acceptors (Lipinski definition) is 2. The first-order valence-electron chi connectivity index (χ1n) is 9.71. The Balaban J connectivity index is 1.97. The summed E-state index contributed by atoms with van der Waals surface area (Å²) in [5.74, 6) is 0.684. The lowest BCUT2D eigenvalue weighted by Gasteiger charge is -2.18. The number of rotatable bonds is 14. The number of nitrogens with zero attached hydrogens (tertiary/aromatic N) is 1. The first-order valence-corrected chi connectivity index (χ1v) is 9.71. The van der Waals surface area contributed by atoms with Gasteiger partial charge in [-0.15, -0.1) is 6.58 Å². The Bertz CT molecular complexity index is 355. The third-order valence-corrected chi connectivity index (χ3v) is 5.19. The van der Waals surface area contributed by atoms with E-state index in [1.165, 1.54) is 57.8 Å². The molecule has 0 bridgehead atoms. The average Bonchev–Trinajstić information content (AvgIpc) is 3.10. The lowest BCUT2D eigenvalue weighted by molar-refractivity contribution is 0.0665. The Kier molecular flexibility index (Phi) is 9.12. The fourth-order valence-corrected chi connectivity index (χ4v) is 3.29. The molecule has 1 rings (SSSR count). The lowest BCUT2D eigenvalue weighted by atomic mass is 9.94. The van der Waals surface area contributed by atoms with Gasteiger partial charge in [0.15, 0.2) is 0 Å². The highest BCUT2D eigenvalue weighted by atomic mass is 16.3. The van der Waals surface area contributed by atoms with Crippen LogP contribution in [0.3, 0.4) is 0 Å². The van der Waals surface area contributed by atoms with Gasteiger partial charge in [-0.3, -0.25) is 4.99 Å². The van der Waals surface area contributed by atoms with Gasteiger partial charge in [-0.2, -0.15) is 0 Å². The van der Waals surface area contributed by atoms with E-state index in [0.717, 1.165) is 19.4 Å². The minimum atomic E-state index is -0.513. The maximum atomic E-state index is 9.77. The van der Waals surface area contributed by atoms with Crippen LogP contribution in [-0.4, -0.2) is 23.5 Å². The van der Waals surface area contributed by atoms with Crippen molar-refractivity contribution in [2.45, 2.75) is 97.0 Å². The van der Waals surface area contributed by atoms with Crippen LogP contribution in [0.5, 0.6) is 0 Å². The summed E-state index contributed by atoms with van der Waals surface area (Å²) in [5, 5.41) is 9.77. The van der Waals surface area contributed by atoms with Gasteiger partial charge in [-0.1, -0.05) is 45.1 Å². The monoisotopic (exact) mass is 321 g/mol. The summed E-state index contributed by atoms with van der Waals surface area (Å²) in [5.41, 5.74) is -0.0551. The number of allylic oxidation sites excluding steroid dienone is 1. The molecule has 2 heteroatoms. The van der Waals surface area contributed by atoms with Crippen LogP contribution in [0.1, 0.15) is 91.4 Å². The van der Waals surface area contributed by atoms with E-state index < -0.39 is 5.60 Å². The van der Waals surface area contributed by atoms with E-state index in [9.17, 15) is 5.11 Å². The van der Waals surface area contributed by atoms with E-state index in [1.54, 1.807) is 0 Å². The van der Waals surface area contributed by atoms with Crippen LogP contribution in [0.15, 0.2) is 17.6 Å². The molecule has 0 aromatic rings. The molecule has 0 saturated heterocycles. The highest BCUT2D eigenvalue weighted by molar-refractivity contribution is 5.66. The Hall–Kier alpha value is -0.630. The van der Waals surface area contributed by atoms with Crippen LogP contribution in [0.2, 0.25) is 0 Å². The molecule has 0 heterocycles. The molecule has 0 amide bonds. The number of aliphatic imine (C=N–C) groups is 1. The summed E-state index contributed by atoms with van der Waals surface area (Å²) >= 11 is 0. The third kappa shape index (κ3) is 9.96. The summed E-state index contributed by atoms with van der Waals surface area (Å²) in [6.45, 7) is 10.9. The van der Waals surface area contributed by atoms with E-state index in [-0.39, 0.29) is 0 Å². The van der Waals surface area contributed by atoms with Crippen molar-refractivity contribution >= 4 is 6.21 Å². The molecule has 1 aliphatic carbocycles. The summed E-state index contributed by atoms with van der Waals surface area (Å²) < 4.78 is 0. The van der Waals surface area contributed by atoms with Crippen molar-refractivity contribution in [2.24, 2.45) is 16.3 Å².